The Kier molecular flexibility index (Phi) is 8.16. The molecule has 7 heteroatoms. The molecule has 1 aromatic rings. The van der Waals surface area contributed by atoms with Gasteiger partial charge in [0.2, 0.25) is 5.91 Å². The number of carbonyl (C=O) groups is 1. The average molecular weight is 345 g/mol. The van der Waals surface area contributed by atoms with Gasteiger partial charge in [-0.2, -0.15) is 0 Å². The van der Waals surface area contributed by atoms with Crippen LogP contribution >= 0.6 is 12.4 Å². The fourth-order valence-corrected chi connectivity index (χ4v) is 2.65. The molecule has 2 rings (SSSR count). The van der Waals surface area contributed by atoms with E-state index in [2.05, 4.69) is 10.6 Å². The predicted octanol–water partition coefficient (Wildman–Crippen LogP) is 1.42. The van der Waals surface area contributed by atoms with Crippen molar-refractivity contribution in [1.29, 1.82) is 0 Å². The molecule has 1 saturated heterocycles. The second-order valence-electron chi connectivity index (χ2n) is 5.43. The lowest BCUT2D eigenvalue weighted by molar-refractivity contribution is -0.122. The van der Waals surface area contributed by atoms with Gasteiger partial charge in [0, 0.05) is 24.6 Å². The lowest BCUT2D eigenvalue weighted by Crippen LogP contribution is -2.34. The molecule has 0 radical (unpaired) electrons. The van der Waals surface area contributed by atoms with Gasteiger partial charge in [0.1, 0.15) is 11.5 Å². The van der Waals surface area contributed by atoms with Crippen LogP contribution in [0, 0.1) is 0 Å². The minimum absolute atomic E-state index is 0. The van der Waals surface area contributed by atoms with E-state index in [4.69, 9.17) is 9.47 Å². The van der Waals surface area contributed by atoms with Crippen molar-refractivity contribution in [2.24, 2.45) is 0 Å². The molecule has 0 bridgehead atoms. The van der Waals surface area contributed by atoms with Gasteiger partial charge in [-0.25, -0.2) is 0 Å². The smallest absolute Gasteiger partial charge is 0.221 e. The van der Waals surface area contributed by atoms with E-state index in [9.17, 15) is 9.90 Å². The maximum atomic E-state index is 11.9. The van der Waals surface area contributed by atoms with Gasteiger partial charge in [0.25, 0.3) is 0 Å². The molecule has 2 atom stereocenters. The van der Waals surface area contributed by atoms with Crippen LogP contribution in [-0.2, 0) is 4.79 Å². The number of amides is 1. The van der Waals surface area contributed by atoms with E-state index in [0.717, 1.165) is 19.4 Å². The Hall–Kier alpha value is -1.50. The average Bonchev–Trinajstić information content (AvgIpc) is 3.04. The zero-order valence-electron chi connectivity index (χ0n) is 13.5. The van der Waals surface area contributed by atoms with Crippen molar-refractivity contribution in [3.05, 3.63) is 23.8 Å². The third-order valence-electron chi connectivity index (χ3n) is 3.88. The number of aliphatic hydroxyl groups excluding tert-OH is 1. The number of hydrogen-bond acceptors (Lipinski definition) is 5. The van der Waals surface area contributed by atoms with Gasteiger partial charge in [0.05, 0.1) is 20.3 Å². The summed E-state index contributed by atoms with van der Waals surface area (Å²) < 4.78 is 10.4. The van der Waals surface area contributed by atoms with Crippen LogP contribution in [0.1, 0.15) is 30.9 Å². The summed E-state index contributed by atoms with van der Waals surface area (Å²) in [6, 6.07) is 5.47. The summed E-state index contributed by atoms with van der Waals surface area (Å²) in [4.78, 5) is 11.9. The number of halogens is 1. The molecule has 1 amide bonds. The molecule has 0 spiro atoms. The highest BCUT2D eigenvalue weighted by molar-refractivity contribution is 5.85. The van der Waals surface area contributed by atoms with E-state index in [-0.39, 0.29) is 30.9 Å². The number of hydrogen-bond donors (Lipinski definition) is 3. The maximum Gasteiger partial charge on any atom is 0.221 e. The third-order valence-corrected chi connectivity index (χ3v) is 3.88. The van der Waals surface area contributed by atoms with Gasteiger partial charge in [-0.05, 0) is 37.6 Å². The van der Waals surface area contributed by atoms with Gasteiger partial charge in [0.15, 0.2) is 0 Å². The maximum absolute atomic E-state index is 11.9. The Morgan fingerprint density at radius 3 is 2.83 bits per heavy atom. The van der Waals surface area contributed by atoms with Crippen LogP contribution in [0.15, 0.2) is 18.2 Å². The molecule has 0 saturated carbocycles. The molecule has 23 heavy (non-hydrogen) atoms. The second-order valence-corrected chi connectivity index (χ2v) is 5.43. The van der Waals surface area contributed by atoms with Crippen molar-refractivity contribution in [1.82, 2.24) is 10.6 Å². The molecule has 6 nitrogen and oxygen atoms in total. The minimum atomic E-state index is -0.842. The van der Waals surface area contributed by atoms with Crippen LogP contribution in [0.5, 0.6) is 11.5 Å². The molecule has 130 valence electrons. The lowest BCUT2D eigenvalue weighted by Gasteiger charge is -2.17. The zero-order valence-corrected chi connectivity index (χ0v) is 14.3. The van der Waals surface area contributed by atoms with Crippen molar-refractivity contribution in [2.75, 3.05) is 27.3 Å². The van der Waals surface area contributed by atoms with E-state index >= 15 is 0 Å². The van der Waals surface area contributed by atoms with Crippen molar-refractivity contribution in [2.45, 2.75) is 31.4 Å². The molecule has 2 unspecified atom stereocenters. The van der Waals surface area contributed by atoms with E-state index in [1.54, 1.807) is 32.4 Å². The monoisotopic (exact) mass is 344 g/mol. The number of benzene rings is 1. The fourth-order valence-electron chi connectivity index (χ4n) is 2.65. The van der Waals surface area contributed by atoms with Gasteiger partial charge < -0.3 is 25.2 Å². The fraction of sp³-hybridized carbons (Fsp3) is 0.562. The Labute approximate surface area is 143 Å². The van der Waals surface area contributed by atoms with Gasteiger partial charge in [-0.15, -0.1) is 12.4 Å². The summed E-state index contributed by atoms with van der Waals surface area (Å²) in [5.41, 5.74) is 0.598. The Morgan fingerprint density at radius 2 is 2.22 bits per heavy atom. The normalized spacial score (nSPS) is 18.0. The summed E-state index contributed by atoms with van der Waals surface area (Å²) in [6.07, 6.45) is 1.74. The molecule has 3 N–H and O–H groups in total. The second kappa shape index (κ2) is 9.60. The first-order valence-corrected chi connectivity index (χ1v) is 7.54. The van der Waals surface area contributed by atoms with Crippen molar-refractivity contribution >= 4 is 18.3 Å². The van der Waals surface area contributed by atoms with E-state index < -0.39 is 6.10 Å². The molecule has 1 heterocycles. The van der Waals surface area contributed by atoms with Gasteiger partial charge in [-0.3, -0.25) is 4.79 Å². The number of aliphatic hydroxyl groups is 1. The molecule has 1 aliphatic heterocycles. The van der Waals surface area contributed by atoms with E-state index in [1.165, 1.54) is 0 Å². The highest BCUT2D eigenvalue weighted by Crippen LogP contribution is 2.29. The minimum Gasteiger partial charge on any atom is -0.497 e. The summed E-state index contributed by atoms with van der Waals surface area (Å²) >= 11 is 0. The standard InChI is InChI=1S/C16H24N2O4.ClH/c1-21-12-5-6-15(22-2)13(9-12)14(19)10-18-16(20)8-11-4-3-7-17-11;/h5-6,9,11,14,17,19H,3-4,7-8,10H2,1-2H3,(H,18,20);1H. The number of ether oxygens (including phenoxy) is 2. The number of carbonyl (C=O) groups excluding carboxylic acids is 1. The summed E-state index contributed by atoms with van der Waals surface area (Å²) in [5.74, 6) is 1.15. The first-order chi connectivity index (χ1) is 10.6. The lowest BCUT2D eigenvalue weighted by atomic mass is 10.1. The quantitative estimate of drug-likeness (QED) is 0.697. The van der Waals surface area contributed by atoms with Crippen LogP contribution in [0.4, 0.5) is 0 Å². The number of methoxy groups -OCH3 is 2. The summed E-state index contributed by atoms with van der Waals surface area (Å²) in [6.45, 7) is 1.12. The van der Waals surface area contributed by atoms with Gasteiger partial charge >= 0.3 is 0 Å². The molecular weight excluding hydrogens is 320 g/mol. The topological polar surface area (TPSA) is 79.8 Å². The van der Waals surface area contributed by atoms with Crippen LogP contribution in [0.2, 0.25) is 0 Å². The summed E-state index contributed by atoms with van der Waals surface area (Å²) in [7, 11) is 3.11. The van der Waals surface area contributed by atoms with Crippen LogP contribution in [0.3, 0.4) is 0 Å². The predicted molar refractivity (Wildman–Crippen MR) is 90.4 cm³/mol. The Balaban J connectivity index is 0.00000264. The molecular formula is C16H25ClN2O4. The third kappa shape index (κ3) is 5.57. The highest BCUT2D eigenvalue weighted by atomic mass is 35.5. The molecule has 1 aliphatic rings. The highest BCUT2D eigenvalue weighted by Gasteiger charge is 2.19. The number of nitrogens with one attached hydrogen (secondary N) is 2. The molecule has 1 aromatic carbocycles. The van der Waals surface area contributed by atoms with Crippen molar-refractivity contribution < 1.29 is 19.4 Å². The Morgan fingerprint density at radius 1 is 1.43 bits per heavy atom. The summed E-state index contributed by atoms with van der Waals surface area (Å²) in [5, 5.41) is 16.3. The van der Waals surface area contributed by atoms with Crippen LogP contribution in [0.25, 0.3) is 0 Å². The SMILES string of the molecule is COc1ccc(OC)c(C(O)CNC(=O)CC2CCCN2)c1.Cl. The zero-order chi connectivity index (χ0) is 15.9. The van der Waals surface area contributed by atoms with Crippen molar-refractivity contribution in [3.63, 3.8) is 0 Å². The Bertz CT molecular complexity index is 507. The van der Waals surface area contributed by atoms with E-state index in [1.807, 2.05) is 0 Å². The molecule has 1 fully saturated rings. The van der Waals surface area contributed by atoms with Crippen LogP contribution < -0.4 is 20.1 Å². The molecule has 0 aromatic heterocycles. The first-order valence-electron chi connectivity index (χ1n) is 7.54. The first kappa shape index (κ1) is 19.5. The molecule has 0 aliphatic carbocycles. The van der Waals surface area contributed by atoms with Gasteiger partial charge in [-0.1, -0.05) is 0 Å². The van der Waals surface area contributed by atoms with Crippen LogP contribution in [-0.4, -0.2) is 44.4 Å². The largest absolute Gasteiger partial charge is 0.497 e. The number of rotatable bonds is 7. The van der Waals surface area contributed by atoms with E-state index in [0.29, 0.717) is 23.5 Å². The van der Waals surface area contributed by atoms with Crippen molar-refractivity contribution in [3.8, 4) is 11.5 Å².